The first kappa shape index (κ1) is 23.1. The summed E-state index contributed by atoms with van der Waals surface area (Å²) in [6.07, 6.45) is 7.39. The van der Waals surface area contributed by atoms with E-state index in [-0.39, 0.29) is 17.6 Å². The average molecular weight is 497 g/mol. The monoisotopic (exact) mass is 496 g/mol. The number of hydrogen-bond donors (Lipinski definition) is 1. The van der Waals surface area contributed by atoms with Gasteiger partial charge in [-0.3, -0.25) is 9.48 Å². The lowest BCUT2D eigenvalue weighted by atomic mass is 9.83. The Bertz CT molecular complexity index is 1550. The lowest BCUT2D eigenvalue weighted by Crippen LogP contribution is -2.53. The van der Waals surface area contributed by atoms with E-state index in [0.29, 0.717) is 25.1 Å². The molecule has 2 atom stereocenters. The van der Waals surface area contributed by atoms with Crippen molar-refractivity contribution in [3.63, 3.8) is 0 Å². The molecule has 1 N–H and O–H groups in total. The van der Waals surface area contributed by atoms with Crippen LogP contribution < -0.4 is 5.56 Å². The highest BCUT2D eigenvalue weighted by Crippen LogP contribution is 2.42. The van der Waals surface area contributed by atoms with Crippen molar-refractivity contribution in [3.8, 4) is 22.5 Å². The second kappa shape index (κ2) is 8.99. The van der Waals surface area contributed by atoms with Gasteiger partial charge in [-0.15, -0.1) is 5.10 Å². The molecule has 0 fully saturated rings. The predicted octanol–water partition coefficient (Wildman–Crippen LogP) is 3.81. The van der Waals surface area contributed by atoms with Gasteiger partial charge in [-0.1, -0.05) is 68.0 Å². The smallest absolute Gasteiger partial charge is 0.337 e. The first-order chi connectivity index (χ1) is 18.1. The zero-order chi connectivity index (χ0) is 25.6. The lowest BCUT2D eigenvalue weighted by Gasteiger charge is -2.43. The topological polar surface area (TPSA) is 108 Å². The number of nitrogens with zero attached hydrogens (tertiary/aromatic N) is 5. The van der Waals surface area contributed by atoms with Gasteiger partial charge in [0.05, 0.1) is 13.2 Å². The Morgan fingerprint density at radius 1 is 1.16 bits per heavy atom. The van der Waals surface area contributed by atoms with Crippen molar-refractivity contribution in [1.29, 1.82) is 0 Å². The van der Waals surface area contributed by atoms with Gasteiger partial charge in [-0.25, -0.2) is 14.6 Å². The number of carbonyl (C=O) groups excluding carboxylic acids is 1. The molecular weight excluding hydrogens is 468 g/mol. The van der Waals surface area contributed by atoms with E-state index in [0.717, 1.165) is 46.4 Å². The molecule has 0 spiro atoms. The van der Waals surface area contributed by atoms with E-state index in [9.17, 15) is 9.59 Å². The van der Waals surface area contributed by atoms with Crippen LogP contribution in [0.15, 0.2) is 65.5 Å². The fourth-order valence-electron chi connectivity index (χ4n) is 5.87. The number of methoxy groups -OCH3 is 1. The summed E-state index contributed by atoms with van der Waals surface area (Å²) >= 11 is 0. The van der Waals surface area contributed by atoms with Gasteiger partial charge in [0.2, 0.25) is 0 Å². The highest BCUT2D eigenvalue weighted by atomic mass is 16.5. The molecule has 2 bridgehead atoms. The molecule has 2 aromatic carbocycles. The number of aromatic nitrogens is 6. The number of ether oxygens (including phenoxy) is 1. The van der Waals surface area contributed by atoms with Crippen molar-refractivity contribution in [1.82, 2.24) is 30.0 Å². The quantitative estimate of drug-likeness (QED) is 0.308. The van der Waals surface area contributed by atoms with Gasteiger partial charge < -0.3 is 4.74 Å². The van der Waals surface area contributed by atoms with Crippen LogP contribution in [0.25, 0.3) is 22.5 Å². The first-order valence-electron chi connectivity index (χ1n) is 12.6. The van der Waals surface area contributed by atoms with Gasteiger partial charge >= 0.3 is 5.97 Å². The zero-order valence-electron chi connectivity index (χ0n) is 20.8. The van der Waals surface area contributed by atoms with Crippen LogP contribution in [0.3, 0.4) is 0 Å². The number of benzene rings is 2. The highest BCUT2D eigenvalue weighted by molar-refractivity contribution is 5.82. The molecule has 7 rings (SSSR count). The molecule has 3 aliphatic rings. The van der Waals surface area contributed by atoms with Crippen LogP contribution in [-0.2, 0) is 27.9 Å². The number of tetrazole rings is 1. The van der Waals surface area contributed by atoms with E-state index in [1.165, 1.54) is 7.11 Å². The van der Waals surface area contributed by atoms with E-state index in [2.05, 4.69) is 51.8 Å². The standard InChI is InChI=1S/C28H28N6O3/c1-3-6-24-23(26(35)33-20-13-15-28(16-14-20,34(24)33)27(36)37-2)17-18-9-11-19(12-10-18)21-7-4-5-8-22(21)25-29-31-32-30-25/h4-5,7-13,15,20H,3,6,14,16-17H2,1-2H3,(H,29,30,31,32). The molecular formula is C28H28N6O3. The highest BCUT2D eigenvalue weighted by Gasteiger charge is 2.50. The second-order valence-electron chi connectivity index (χ2n) is 9.69. The molecule has 2 aromatic heterocycles. The Hall–Kier alpha value is -4.27. The molecule has 4 heterocycles. The molecule has 1 aliphatic carbocycles. The summed E-state index contributed by atoms with van der Waals surface area (Å²) in [6.45, 7) is 2.09. The van der Waals surface area contributed by atoms with E-state index >= 15 is 0 Å². The van der Waals surface area contributed by atoms with Crippen LogP contribution in [0.5, 0.6) is 0 Å². The third kappa shape index (κ3) is 3.56. The number of fused-ring (bicyclic) bond motifs is 1. The van der Waals surface area contributed by atoms with Crippen molar-refractivity contribution in [3.05, 3.63) is 87.9 Å². The Morgan fingerprint density at radius 3 is 2.59 bits per heavy atom. The Morgan fingerprint density at radius 2 is 1.95 bits per heavy atom. The van der Waals surface area contributed by atoms with Crippen molar-refractivity contribution >= 4 is 5.97 Å². The molecule has 9 nitrogen and oxygen atoms in total. The minimum Gasteiger partial charge on any atom is -0.467 e. The molecule has 2 unspecified atom stereocenters. The van der Waals surface area contributed by atoms with Crippen LogP contribution in [0.2, 0.25) is 0 Å². The lowest BCUT2D eigenvalue weighted by molar-refractivity contribution is -0.152. The average Bonchev–Trinajstić information content (AvgIpc) is 3.58. The van der Waals surface area contributed by atoms with Crippen LogP contribution in [0, 0.1) is 0 Å². The van der Waals surface area contributed by atoms with Crippen molar-refractivity contribution in [2.24, 2.45) is 0 Å². The summed E-state index contributed by atoms with van der Waals surface area (Å²) in [5, 5.41) is 14.3. The number of allylic oxidation sites excluding steroid dienone is 1. The Labute approximate surface area is 213 Å². The van der Waals surface area contributed by atoms with E-state index in [1.807, 2.05) is 41.1 Å². The summed E-state index contributed by atoms with van der Waals surface area (Å²) in [4.78, 5) is 26.8. The number of nitrogens with one attached hydrogen (secondary N) is 1. The van der Waals surface area contributed by atoms with Gasteiger partial charge in [0.15, 0.2) is 11.4 Å². The molecule has 0 saturated heterocycles. The third-order valence-electron chi connectivity index (χ3n) is 7.59. The second-order valence-corrected chi connectivity index (χ2v) is 9.69. The number of hydrogen-bond acceptors (Lipinski definition) is 6. The summed E-state index contributed by atoms with van der Waals surface area (Å²) in [5.41, 5.74) is 4.72. The fraction of sp³-hybridized carbons (Fsp3) is 0.321. The van der Waals surface area contributed by atoms with Crippen LogP contribution in [-0.4, -0.2) is 43.1 Å². The summed E-state index contributed by atoms with van der Waals surface area (Å²) < 4.78 is 8.95. The molecule has 188 valence electrons. The summed E-state index contributed by atoms with van der Waals surface area (Å²) in [5.74, 6) is 0.290. The van der Waals surface area contributed by atoms with Crippen molar-refractivity contribution in [2.45, 2.75) is 50.6 Å². The van der Waals surface area contributed by atoms with Gasteiger partial charge in [-0.2, -0.15) is 0 Å². The normalized spacial score (nSPS) is 19.7. The predicted molar refractivity (Wildman–Crippen MR) is 138 cm³/mol. The van der Waals surface area contributed by atoms with Crippen molar-refractivity contribution in [2.75, 3.05) is 7.11 Å². The summed E-state index contributed by atoms with van der Waals surface area (Å²) in [6, 6.07) is 16.2. The molecule has 9 heteroatoms. The molecule has 4 aromatic rings. The van der Waals surface area contributed by atoms with Crippen LogP contribution in [0.1, 0.15) is 49.0 Å². The molecule has 0 saturated carbocycles. The number of aromatic amines is 1. The number of H-pyrrole nitrogens is 1. The minimum atomic E-state index is -0.950. The van der Waals surface area contributed by atoms with Gasteiger partial charge in [0, 0.05) is 23.2 Å². The van der Waals surface area contributed by atoms with E-state index in [1.54, 1.807) is 4.68 Å². The third-order valence-corrected chi connectivity index (χ3v) is 7.59. The van der Waals surface area contributed by atoms with Gasteiger partial charge in [0.1, 0.15) is 0 Å². The van der Waals surface area contributed by atoms with Crippen LogP contribution in [0.4, 0.5) is 0 Å². The SMILES string of the molecule is CCCc1c(Cc2ccc(-c3ccccc3-c3nnn[nH]3)cc2)c(=O)n2n1C1(C(=O)OC)C=CC2CC1. The molecule has 2 aliphatic heterocycles. The molecule has 37 heavy (non-hydrogen) atoms. The largest absolute Gasteiger partial charge is 0.467 e. The first-order valence-corrected chi connectivity index (χ1v) is 12.6. The van der Waals surface area contributed by atoms with Gasteiger partial charge in [0.25, 0.3) is 5.56 Å². The van der Waals surface area contributed by atoms with E-state index < -0.39 is 5.54 Å². The van der Waals surface area contributed by atoms with Crippen LogP contribution >= 0.6 is 0 Å². The summed E-state index contributed by atoms with van der Waals surface area (Å²) in [7, 11) is 1.41. The minimum absolute atomic E-state index is 0.0157. The van der Waals surface area contributed by atoms with Gasteiger partial charge in [-0.05, 0) is 52.5 Å². The Kier molecular flexibility index (Phi) is 5.62. The number of rotatable bonds is 7. The maximum Gasteiger partial charge on any atom is 0.337 e. The van der Waals surface area contributed by atoms with E-state index in [4.69, 9.17) is 4.74 Å². The maximum absolute atomic E-state index is 13.8. The number of esters is 1. The van der Waals surface area contributed by atoms with Crippen molar-refractivity contribution < 1.29 is 9.53 Å². The Balaban J connectivity index is 1.39. The zero-order valence-corrected chi connectivity index (χ0v) is 20.8. The maximum atomic E-state index is 13.8. The molecule has 0 amide bonds. The number of carbonyl (C=O) groups is 1. The molecule has 0 radical (unpaired) electrons. The fourth-order valence-corrected chi connectivity index (χ4v) is 5.87.